The summed E-state index contributed by atoms with van der Waals surface area (Å²) in [6.07, 6.45) is 2.43. The van der Waals surface area contributed by atoms with E-state index >= 15 is 0 Å². The molecular formula is C17H30N2. The van der Waals surface area contributed by atoms with Crippen LogP contribution in [0.3, 0.4) is 0 Å². The van der Waals surface area contributed by atoms with Crippen LogP contribution in [0.5, 0.6) is 0 Å². The van der Waals surface area contributed by atoms with Gasteiger partial charge in [0.15, 0.2) is 0 Å². The van der Waals surface area contributed by atoms with Crippen molar-refractivity contribution in [3.63, 3.8) is 0 Å². The molecule has 0 aromatic heterocycles. The second-order valence-corrected chi connectivity index (χ2v) is 5.68. The highest BCUT2D eigenvalue weighted by Gasteiger charge is 2.27. The number of hydrogen-bond donors (Lipinski definition) is 1. The molecule has 0 saturated carbocycles. The van der Waals surface area contributed by atoms with Crippen LogP contribution in [0.2, 0.25) is 0 Å². The number of anilines is 1. The molecule has 0 fully saturated rings. The van der Waals surface area contributed by atoms with Crippen molar-refractivity contribution in [1.29, 1.82) is 0 Å². The molecule has 2 nitrogen and oxygen atoms in total. The molecule has 0 aliphatic carbocycles. The summed E-state index contributed by atoms with van der Waals surface area (Å²) in [6.45, 7) is 12.2. The Balaban J connectivity index is 2.75. The fourth-order valence-electron chi connectivity index (χ4n) is 2.56. The van der Waals surface area contributed by atoms with Crippen molar-refractivity contribution in [3.05, 3.63) is 29.8 Å². The van der Waals surface area contributed by atoms with Gasteiger partial charge in [-0.3, -0.25) is 0 Å². The second-order valence-electron chi connectivity index (χ2n) is 5.68. The van der Waals surface area contributed by atoms with Crippen molar-refractivity contribution in [1.82, 2.24) is 5.32 Å². The van der Waals surface area contributed by atoms with E-state index < -0.39 is 0 Å². The minimum Gasteiger partial charge on any atom is -0.374 e. The smallest absolute Gasteiger partial charge is 0.0363 e. The van der Waals surface area contributed by atoms with Gasteiger partial charge in [0.25, 0.3) is 0 Å². The fraction of sp³-hybridized carbons (Fsp3) is 0.647. The van der Waals surface area contributed by atoms with E-state index in [-0.39, 0.29) is 0 Å². The van der Waals surface area contributed by atoms with E-state index in [0.717, 1.165) is 19.6 Å². The van der Waals surface area contributed by atoms with Crippen molar-refractivity contribution in [2.75, 3.05) is 31.6 Å². The van der Waals surface area contributed by atoms with Gasteiger partial charge in [-0.05, 0) is 43.9 Å². The van der Waals surface area contributed by atoms with Gasteiger partial charge < -0.3 is 10.2 Å². The van der Waals surface area contributed by atoms with Gasteiger partial charge in [-0.2, -0.15) is 0 Å². The quantitative estimate of drug-likeness (QED) is 0.765. The summed E-state index contributed by atoms with van der Waals surface area (Å²) in [5, 5.41) is 3.53. The molecule has 0 saturated heterocycles. The first-order valence-electron chi connectivity index (χ1n) is 7.55. The molecule has 1 aromatic carbocycles. The minimum absolute atomic E-state index is 0.371. The van der Waals surface area contributed by atoms with Gasteiger partial charge in [0.05, 0.1) is 0 Å². The molecular weight excluding hydrogens is 232 g/mol. The van der Waals surface area contributed by atoms with Crippen LogP contribution in [0.15, 0.2) is 24.3 Å². The van der Waals surface area contributed by atoms with Crippen LogP contribution in [-0.4, -0.2) is 26.7 Å². The Hall–Kier alpha value is -1.02. The van der Waals surface area contributed by atoms with Crippen LogP contribution in [0.25, 0.3) is 0 Å². The molecule has 1 aromatic rings. The van der Waals surface area contributed by atoms with Crippen LogP contribution in [0, 0.1) is 12.3 Å². The summed E-state index contributed by atoms with van der Waals surface area (Å²) in [4.78, 5) is 2.39. The van der Waals surface area contributed by atoms with Gasteiger partial charge in [0, 0.05) is 25.8 Å². The summed E-state index contributed by atoms with van der Waals surface area (Å²) in [6, 6.07) is 8.82. The van der Waals surface area contributed by atoms with Gasteiger partial charge in [-0.25, -0.2) is 0 Å². The molecule has 2 heteroatoms. The molecule has 0 bridgehead atoms. The highest BCUT2D eigenvalue weighted by atomic mass is 15.1. The third-order valence-corrected chi connectivity index (χ3v) is 4.30. The molecule has 0 unspecified atom stereocenters. The Bertz CT molecular complexity index is 352. The Kier molecular flexibility index (Phi) is 6.36. The van der Waals surface area contributed by atoms with Crippen LogP contribution in [0.1, 0.15) is 39.2 Å². The summed E-state index contributed by atoms with van der Waals surface area (Å²) in [5.41, 5.74) is 3.01. The molecule has 0 atom stereocenters. The molecule has 0 aliphatic heterocycles. The second kappa shape index (κ2) is 7.54. The lowest BCUT2D eigenvalue weighted by molar-refractivity contribution is 0.258. The van der Waals surface area contributed by atoms with Gasteiger partial charge in [0.2, 0.25) is 0 Å². The molecule has 0 heterocycles. The largest absolute Gasteiger partial charge is 0.374 e. The van der Waals surface area contributed by atoms with Crippen molar-refractivity contribution in [2.45, 2.75) is 40.5 Å². The fourth-order valence-corrected chi connectivity index (χ4v) is 2.56. The lowest BCUT2D eigenvalue weighted by atomic mass is 9.81. The zero-order chi connectivity index (χ0) is 14.3. The normalized spacial score (nSPS) is 11.6. The maximum Gasteiger partial charge on any atom is 0.0363 e. The van der Waals surface area contributed by atoms with E-state index in [1.165, 1.54) is 24.1 Å². The van der Waals surface area contributed by atoms with E-state index in [2.05, 4.69) is 69.2 Å². The van der Waals surface area contributed by atoms with Gasteiger partial charge in [-0.15, -0.1) is 0 Å². The summed E-state index contributed by atoms with van der Waals surface area (Å²) < 4.78 is 0. The maximum atomic E-state index is 3.53. The van der Waals surface area contributed by atoms with Crippen molar-refractivity contribution < 1.29 is 0 Å². The summed E-state index contributed by atoms with van der Waals surface area (Å²) in [7, 11) is 2.21. The molecule has 108 valence electrons. The maximum absolute atomic E-state index is 3.53. The Labute approximate surface area is 119 Å². The SMILES string of the molecule is CCNCC(CC)(CC)CN(C)c1ccc(C)cc1. The molecule has 1 N–H and O–H groups in total. The number of hydrogen-bond acceptors (Lipinski definition) is 2. The van der Waals surface area contributed by atoms with E-state index in [9.17, 15) is 0 Å². The summed E-state index contributed by atoms with van der Waals surface area (Å²) in [5.74, 6) is 0. The van der Waals surface area contributed by atoms with E-state index in [1.54, 1.807) is 0 Å². The molecule has 0 amide bonds. The third kappa shape index (κ3) is 4.54. The highest BCUT2D eigenvalue weighted by Crippen LogP contribution is 2.28. The minimum atomic E-state index is 0.371. The number of rotatable bonds is 8. The predicted octanol–water partition coefficient (Wildman–Crippen LogP) is 3.85. The molecule has 19 heavy (non-hydrogen) atoms. The number of aryl methyl sites for hydroxylation is 1. The molecule has 0 aliphatic rings. The average Bonchev–Trinajstić information content (AvgIpc) is 2.44. The number of nitrogens with zero attached hydrogens (tertiary/aromatic N) is 1. The lowest BCUT2D eigenvalue weighted by Gasteiger charge is -2.37. The Morgan fingerprint density at radius 2 is 1.63 bits per heavy atom. The number of benzene rings is 1. The van der Waals surface area contributed by atoms with Crippen LogP contribution < -0.4 is 10.2 Å². The first kappa shape index (κ1) is 16.0. The molecule has 0 radical (unpaired) electrons. The van der Waals surface area contributed by atoms with Crippen molar-refractivity contribution in [3.8, 4) is 0 Å². The zero-order valence-electron chi connectivity index (χ0n) is 13.3. The van der Waals surface area contributed by atoms with Crippen molar-refractivity contribution >= 4 is 5.69 Å². The van der Waals surface area contributed by atoms with Crippen molar-refractivity contribution in [2.24, 2.45) is 5.41 Å². The first-order chi connectivity index (χ1) is 9.06. The van der Waals surface area contributed by atoms with Gasteiger partial charge >= 0.3 is 0 Å². The lowest BCUT2D eigenvalue weighted by Crippen LogP contribution is -2.42. The van der Waals surface area contributed by atoms with E-state index in [1.807, 2.05) is 0 Å². The van der Waals surface area contributed by atoms with E-state index in [0.29, 0.717) is 5.41 Å². The van der Waals surface area contributed by atoms with Gasteiger partial charge in [-0.1, -0.05) is 38.5 Å². The Morgan fingerprint density at radius 1 is 1.05 bits per heavy atom. The third-order valence-electron chi connectivity index (χ3n) is 4.30. The number of nitrogens with one attached hydrogen (secondary N) is 1. The standard InChI is InChI=1S/C17H30N2/c1-6-17(7-2,13-18-8-3)14-19(5)16-11-9-15(4)10-12-16/h9-12,18H,6-8,13-14H2,1-5H3. The van der Waals surface area contributed by atoms with Crippen LogP contribution in [0.4, 0.5) is 5.69 Å². The topological polar surface area (TPSA) is 15.3 Å². The monoisotopic (exact) mass is 262 g/mol. The Morgan fingerprint density at radius 3 is 2.11 bits per heavy atom. The van der Waals surface area contributed by atoms with Crippen LogP contribution in [-0.2, 0) is 0 Å². The van der Waals surface area contributed by atoms with Gasteiger partial charge in [0.1, 0.15) is 0 Å². The summed E-state index contributed by atoms with van der Waals surface area (Å²) >= 11 is 0. The predicted molar refractivity (Wildman–Crippen MR) is 86.0 cm³/mol. The van der Waals surface area contributed by atoms with E-state index in [4.69, 9.17) is 0 Å². The van der Waals surface area contributed by atoms with Crippen LogP contribution >= 0.6 is 0 Å². The average molecular weight is 262 g/mol. The highest BCUT2D eigenvalue weighted by molar-refractivity contribution is 5.46. The molecule has 0 spiro atoms. The zero-order valence-corrected chi connectivity index (χ0v) is 13.3. The molecule has 1 rings (SSSR count). The first-order valence-corrected chi connectivity index (χ1v) is 7.55.